The maximum absolute atomic E-state index is 13.1. The summed E-state index contributed by atoms with van der Waals surface area (Å²) in [4.78, 5) is 15.0. The minimum absolute atomic E-state index is 0.112. The van der Waals surface area contributed by atoms with Gasteiger partial charge in [-0.3, -0.25) is 9.48 Å². The van der Waals surface area contributed by atoms with Gasteiger partial charge < -0.3 is 14.6 Å². The maximum atomic E-state index is 13.1. The van der Waals surface area contributed by atoms with Gasteiger partial charge in [-0.15, -0.1) is 0 Å². The minimum atomic E-state index is 0.112. The van der Waals surface area contributed by atoms with Crippen molar-refractivity contribution in [3.8, 4) is 0 Å². The molecule has 3 heterocycles. The second-order valence-electron chi connectivity index (χ2n) is 6.89. The van der Waals surface area contributed by atoms with Crippen LogP contribution in [0.15, 0.2) is 22.8 Å². The molecule has 1 aliphatic heterocycles. The van der Waals surface area contributed by atoms with Gasteiger partial charge in [0.05, 0.1) is 12.8 Å². The Balaban J connectivity index is 1.51. The SMILES string of the molecule is CCn1nc(C(=O)N2CCSCC2)c2c1CCC(NCc1ccco1)C2. The number of amides is 1. The van der Waals surface area contributed by atoms with Gasteiger partial charge in [-0.1, -0.05) is 0 Å². The maximum Gasteiger partial charge on any atom is 0.274 e. The van der Waals surface area contributed by atoms with Crippen LogP contribution < -0.4 is 5.32 Å². The highest BCUT2D eigenvalue weighted by Gasteiger charge is 2.31. The summed E-state index contributed by atoms with van der Waals surface area (Å²) in [5.74, 6) is 3.11. The molecule has 4 rings (SSSR count). The fraction of sp³-hybridized carbons (Fsp3) is 0.579. The summed E-state index contributed by atoms with van der Waals surface area (Å²) in [6.45, 7) is 5.30. The Kier molecular flexibility index (Phi) is 5.36. The molecule has 6 nitrogen and oxygen atoms in total. The van der Waals surface area contributed by atoms with Crippen LogP contribution in [0.5, 0.6) is 0 Å². The van der Waals surface area contributed by atoms with Gasteiger partial charge in [-0.05, 0) is 38.3 Å². The monoisotopic (exact) mass is 374 g/mol. The van der Waals surface area contributed by atoms with Crippen LogP contribution in [0.2, 0.25) is 0 Å². The zero-order valence-electron chi connectivity index (χ0n) is 15.2. The molecule has 2 aromatic rings. The number of aromatic nitrogens is 2. The Hall–Kier alpha value is -1.73. The van der Waals surface area contributed by atoms with Gasteiger partial charge in [-0.25, -0.2) is 0 Å². The Bertz CT molecular complexity index is 750. The highest BCUT2D eigenvalue weighted by molar-refractivity contribution is 7.99. The lowest BCUT2D eigenvalue weighted by molar-refractivity contribution is 0.0764. The quantitative estimate of drug-likeness (QED) is 0.870. The molecule has 0 saturated carbocycles. The number of carbonyl (C=O) groups excluding carboxylic acids is 1. The molecule has 1 N–H and O–H groups in total. The van der Waals surface area contributed by atoms with E-state index in [-0.39, 0.29) is 5.91 Å². The van der Waals surface area contributed by atoms with Crippen molar-refractivity contribution < 1.29 is 9.21 Å². The molecule has 1 saturated heterocycles. The van der Waals surface area contributed by atoms with Crippen LogP contribution >= 0.6 is 11.8 Å². The van der Waals surface area contributed by atoms with Gasteiger partial charge >= 0.3 is 0 Å². The smallest absolute Gasteiger partial charge is 0.274 e. The van der Waals surface area contributed by atoms with Crippen LogP contribution in [0.1, 0.15) is 40.9 Å². The molecule has 1 fully saturated rings. The summed E-state index contributed by atoms with van der Waals surface area (Å²) < 4.78 is 7.45. The van der Waals surface area contributed by atoms with Crippen LogP contribution in [0.3, 0.4) is 0 Å². The van der Waals surface area contributed by atoms with E-state index in [0.29, 0.717) is 11.7 Å². The third-order valence-electron chi connectivity index (χ3n) is 5.29. The summed E-state index contributed by atoms with van der Waals surface area (Å²) in [7, 11) is 0. The van der Waals surface area contributed by atoms with Gasteiger partial charge in [0.15, 0.2) is 5.69 Å². The molecule has 0 aromatic carbocycles. The van der Waals surface area contributed by atoms with Crippen molar-refractivity contribution >= 4 is 17.7 Å². The average Bonchev–Trinajstić information content (AvgIpc) is 3.34. The number of hydrogen-bond donors (Lipinski definition) is 1. The highest BCUT2D eigenvalue weighted by Crippen LogP contribution is 2.27. The molecule has 1 unspecified atom stereocenters. The predicted molar refractivity (Wildman–Crippen MR) is 102 cm³/mol. The van der Waals surface area contributed by atoms with Crippen molar-refractivity contribution in [3.63, 3.8) is 0 Å². The van der Waals surface area contributed by atoms with E-state index >= 15 is 0 Å². The van der Waals surface area contributed by atoms with Gasteiger partial charge in [0.2, 0.25) is 0 Å². The van der Waals surface area contributed by atoms with Crippen LogP contribution in [0.4, 0.5) is 0 Å². The van der Waals surface area contributed by atoms with E-state index in [1.165, 1.54) is 5.69 Å². The fourth-order valence-electron chi connectivity index (χ4n) is 3.87. The zero-order chi connectivity index (χ0) is 17.9. The lowest BCUT2D eigenvalue weighted by Gasteiger charge is -2.27. The number of carbonyl (C=O) groups is 1. The molecule has 1 aliphatic carbocycles. The third-order valence-corrected chi connectivity index (χ3v) is 6.23. The van der Waals surface area contributed by atoms with Crippen molar-refractivity contribution in [2.24, 2.45) is 0 Å². The van der Waals surface area contributed by atoms with Crippen molar-refractivity contribution in [2.75, 3.05) is 24.6 Å². The van der Waals surface area contributed by atoms with Crippen molar-refractivity contribution in [2.45, 2.75) is 45.3 Å². The first-order chi connectivity index (χ1) is 12.8. The molecule has 2 aromatic heterocycles. The molecule has 1 atom stereocenters. The first kappa shape index (κ1) is 17.7. The minimum Gasteiger partial charge on any atom is -0.468 e. The van der Waals surface area contributed by atoms with Crippen LogP contribution in [0.25, 0.3) is 0 Å². The number of fused-ring (bicyclic) bond motifs is 1. The van der Waals surface area contributed by atoms with Crippen molar-refractivity contribution in [3.05, 3.63) is 41.1 Å². The normalized spacial score (nSPS) is 20.2. The summed E-state index contributed by atoms with van der Waals surface area (Å²) >= 11 is 1.92. The van der Waals surface area contributed by atoms with E-state index in [1.54, 1.807) is 6.26 Å². The molecule has 0 bridgehead atoms. The second kappa shape index (κ2) is 7.88. The van der Waals surface area contributed by atoms with Crippen LogP contribution in [0, 0.1) is 0 Å². The molecule has 26 heavy (non-hydrogen) atoms. The summed E-state index contributed by atoms with van der Waals surface area (Å²) in [6, 6.07) is 4.25. The van der Waals surface area contributed by atoms with E-state index in [0.717, 1.165) is 68.3 Å². The zero-order valence-corrected chi connectivity index (χ0v) is 16.1. The molecular weight excluding hydrogens is 348 g/mol. The molecule has 2 aliphatic rings. The van der Waals surface area contributed by atoms with Gasteiger partial charge in [0, 0.05) is 48.4 Å². The average molecular weight is 375 g/mol. The third kappa shape index (κ3) is 3.55. The molecule has 140 valence electrons. The Labute approximate surface area is 158 Å². The van der Waals surface area contributed by atoms with Crippen LogP contribution in [-0.4, -0.2) is 51.2 Å². The predicted octanol–water partition coefficient (Wildman–Crippen LogP) is 2.33. The number of rotatable bonds is 5. The number of furan rings is 1. The Morgan fingerprint density at radius 1 is 1.42 bits per heavy atom. The first-order valence-electron chi connectivity index (χ1n) is 9.47. The summed E-state index contributed by atoms with van der Waals surface area (Å²) in [5.41, 5.74) is 3.08. The largest absolute Gasteiger partial charge is 0.468 e. The van der Waals surface area contributed by atoms with Crippen molar-refractivity contribution in [1.82, 2.24) is 20.0 Å². The number of hydrogen-bond acceptors (Lipinski definition) is 5. The molecule has 0 spiro atoms. The summed E-state index contributed by atoms with van der Waals surface area (Å²) in [5, 5.41) is 8.28. The number of nitrogens with zero attached hydrogens (tertiary/aromatic N) is 3. The molecule has 0 radical (unpaired) electrons. The van der Waals surface area contributed by atoms with Gasteiger partial charge in [-0.2, -0.15) is 16.9 Å². The Morgan fingerprint density at radius 3 is 3.00 bits per heavy atom. The van der Waals surface area contributed by atoms with E-state index in [1.807, 2.05) is 33.5 Å². The van der Waals surface area contributed by atoms with Gasteiger partial charge in [0.25, 0.3) is 5.91 Å². The fourth-order valence-corrected chi connectivity index (χ4v) is 4.77. The number of thioether (sulfide) groups is 1. The first-order valence-corrected chi connectivity index (χ1v) is 10.6. The molecule has 7 heteroatoms. The topological polar surface area (TPSA) is 63.3 Å². The number of aryl methyl sites for hydroxylation is 1. The number of nitrogens with one attached hydrogen (secondary N) is 1. The van der Waals surface area contributed by atoms with Crippen molar-refractivity contribution in [1.29, 1.82) is 0 Å². The van der Waals surface area contributed by atoms with E-state index in [4.69, 9.17) is 9.52 Å². The summed E-state index contributed by atoms with van der Waals surface area (Å²) in [6.07, 6.45) is 4.59. The van der Waals surface area contributed by atoms with E-state index in [2.05, 4.69) is 12.2 Å². The lowest BCUT2D eigenvalue weighted by Crippen LogP contribution is -2.39. The van der Waals surface area contributed by atoms with E-state index < -0.39 is 0 Å². The highest BCUT2D eigenvalue weighted by atomic mass is 32.2. The van der Waals surface area contributed by atoms with E-state index in [9.17, 15) is 4.79 Å². The Morgan fingerprint density at radius 2 is 2.27 bits per heavy atom. The van der Waals surface area contributed by atoms with Crippen LogP contribution in [-0.2, 0) is 25.9 Å². The standard InChI is InChI=1S/C19H26N4O2S/c1-2-23-17-6-5-14(20-13-15-4-3-9-25-15)12-16(17)18(21-23)19(24)22-7-10-26-11-8-22/h3-4,9,14,20H,2,5-8,10-13H2,1H3. The molecular formula is C19H26N4O2S. The molecule has 1 amide bonds. The lowest BCUT2D eigenvalue weighted by atomic mass is 9.91. The second-order valence-corrected chi connectivity index (χ2v) is 8.12. The van der Waals surface area contributed by atoms with Gasteiger partial charge in [0.1, 0.15) is 5.76 Å².